The van der Waals surface area contributed by atoms with Crippen LogP contribution >= 0.6 is 0 Å². The summed E-state index contributed by atoms with van der Waals surface area (Å²) < 4.78 is 22.2. The lowest BCUT2D eigenvalue weighted by Gasteiger charge is -2.26. The Hall–Kier alpha value is -1.75. The lowest BCUT2D eigenvalue weighted by atomic mass is 9.81. The number of methoxy groups -OCH3 is 2. The molecule has 3 atom stereocenters. The van der Waals surface area contributed by atoms with E-state index in [4.69, 9.17) is 18.9 Å². The van der Waals surface area contributed by atoms with E-state index in [1.165, 1.54) is 5.56 Å². The molecule has 170 valence electrons. The van der Waals surface area contributed by atoms with Crippen LogP contribution in [0.15, 0.2) is 18.2 Å². The Labute approximate surface area is 182 Å². The van der Waals surface area contributed by atoms with Crippen LogP contribution in [0, 0.1) is 23.7 Å². The summed E-state index contributed by atoms with van der Waals surface area (Å²) in [6.45, 7) is 9.98. The van der Waals surface area contributed by atoms with Crippen molar-refractivity contribution in [1.29, 1.82) is 0 Å². The number of carbonyl (C=O) groups excluding carboxylic acids is 1. The molecule has 1 saturated heterocycles. The highest BCUT2D eigenvalue weighted by molar-refractivity contribution is 5.74. The zero-order chi connectivity index (χ0) is 22.1. The Morgan fingerprint density at radius 3 is 2.43 bits per heavy atom. The van der Waals surface area contributed by atoms with Gasteiger partial charge in [-0.25, -0.2) is 0 Å². The number of cyclic esters (lactones) is 1. The van der Waals surface area contributed by atoms with E-state index in [2.05, 4.69) is 39.8 Å². The van der Waals surface area contributed by atoms with Gasteiger partial charge < -0.3 is 18.9 Å². The fraction of sp³-hybridized carbons (Fsp3) is 0.720. The van der Waals surface area contributed by atoms with Crippen LogP contribution in [-0.2, 0) is 20.7 Å². The number of esters is 1. The third-order valence-electron chi connectivity index (χ3n) is 6.18. The number of benzene rings is 1. The van der Waals surface area contributed by atoms with E-state index < -0.39 is 0 Å². The van der Waals surface area contributed by atoms with Crippen molar-refractivity contribution in [3.63, 3.8) is 0 Å². The topological polar surface area (TPSA) is 54.0 Å². The molecular weight excluding hydrogens is 380 g/mol. The van der Waals surface area contributed by atoms with Gasteiger partial charge in [0, 0.05) is 20.1 Å². The maximum Gasteiger partial charge on any atom is 0.309 e. The highest BCUT2D eigenvalue weighted by Crippen LogP contribution is 2.36. The van der Waals surface area contributed by atoms with Crippen molar-refractivity contribution in [3.8, 4) is 11.5 Å². The molecule has 5 nitrogen and oxygen atoms in total. The van der Waals surface area contributed by atoms with Gasteiger partial charge in [-0.1, -0.05) is 33.8 Å². The standard InChI is InChI=1S/C25H40O5/c1-17(2)20(23-16-21(18(3)4)25(26)30-23)10-7-9-19-11-12-22(28-6)24(15-19)29-14-8-13-27-5/h11-12,15,17-18,20-21,23H,7-10,13-14,16H2,1-6H3. The van der Waals surface area contributed by atoms with Crippen molar-refractivity contribution < 1.29 is 23.7 Å². The van der Waals surface area contributed by atoms with E-state index in [9.17, 15) is 4.79 Å². The van der Waals surface area contributed by atoms with E-state index in [1.54, 1.807) is 14.2 Å². The molecule has 5 heteroatoms. The molecule has 0 radical (unpaired) electrons. The normalized spacial score (nSPS) is 19.9. The first-order chi connectivity index (χ1) is 14.4. The summed E-state index contributed by atoms with van der Waals surface area (Å²) in [6, 6.07) is 6.17. The molecular formula is C25H40O5. The Balaban J connectivity index is 1.92. The molecule has 1 heterocycles. The van der Waals surface area contributed by atoms with Crippen LogP contribution in [0.1, 0.15) is 58.9 Å². The van der Waals surface area contributed by atoms with E-state index in [0.29, 0.717) is 31.0 Å². The molecule has 0 bridgehead atoms. The summed E-state index contributed by atoms with van der Waals surface area (Å²) in [5.41, 5.74) is 1.24. The molecule has 1 fully saturated rings. The van der Waals surface area contributed by atoms with Gasteiger partial charge in [0.05, 0.1) is 19.6 Å². The lowest BCUT2D eigenvalue weighted by molar-refractivity contribution is -0.147. The van der Waals surface area contributed by atoms with Gasteiger partial charge in [0.25, 0.3) is 0 Å². The summed E-state index contributed by atoms with van der Waals surface area (Å²) in [4.78, 5) is 12.2. The molecule has 0 aromatic heterocycles. The Morgan fingerprint density at radius 1 is 1.07 bits per heavy atom. The zero-order valence-electron chi connectivity index (χ0n) is 19.6. The van der Waals surface area contributed by atoms with Gasteiger partial charge in [-0.15, -0.1) is 0 Å². The number of aryl methyl sites for hydroxylation is 1. The molecule has 0 amide bonds. The number of rotatable bonds is 13. The maximum atomic E-state index is 12.2. The largest absolute Gasteiger partial charge is 0.493 e. The van der Waals surface area contributed by atoms with Crippen molar-refractivity contribution in [2.24, 2.45) is 23.7 Å². The summed E-state index contributed by atoms with van der Waals surface area (Å²) in [6.07, 6.45) is 4.84. The van der Waals surface area contributed by atoms with Crippen molar-refractivity contribution >= 4 is 5.97 Å². The molecule has 0 saturated carbocycles. The number of ether oxygens (including phenoxy) is 4. The van der Waals surface area contributed by atoms with Gasteiger partial charge in [0.1, 0.15) is 6.10 Å². The van der Waals surface area contributed by atoms with Gasteiger partial charge in [0.15, 0.2) is 11.5 Å². The second-order valence-corrected chi connectivity index (χ2v) is 9.04. The highest BCUT2D eigenvalue weighted by Gasteiger charge is 2.40. The van der Waals surface area contributed by atoms with E-state index in [1.807, 2.05) is 6.07 Å². The average molecular weight is 421 g/mol. The van der Waals surface area contributed by atoms with E-state index >= 15 is 0 Å². The van der Waals surface area contributed by atoms with Crippen LogP contribution in [0.4, 0.5) is 0 Å². The summed E-state index contributed by atoms with van der Waals surface area (Å²) in [5.74, 6) is 2.83. The fourth-order valence-electron chi connectivity index (χ4n) is 4.30. The maximum absolute atomic E-state index is 12.2. The fourth-order valence-corrected chi connectivity index (χ4v) is 4.30. The van der Waals surface area contributed by atoms with Crippen LogP contribution < -0.4 is 9.47 Å². The van der Waals surface area contributed by atoms with E-state index in [-0.39, 0.29) is 18.0 Å². The van der Waals surface area contributed by atoms with Crippen LogP contribution in [0.2, 0.25) is 0 Å². The SMILES string of the molecule is COCCCOc1cc(CCCC(C(C)C)C2CC(C(C)C)C(=O)O2)ccc1OC. The van der Waals surface area contributed by atoms with Crippen LogP contribution in [-0.4, -0.2) is 39.5 Å². The van der Waals surface area contributed by atoms with Gasteiger partial charge in [0.2, 0.25) is 0 Å². The molecule has 1 aromatic rings. The molecule has 3 unspecified atom stereocenters. The highest BCUT2D eigenvalue weighted by atomic mass is 16.6. The minimum atomic E-state index is -0.00827. The molecule has 30 heavy (non-hydrogen) atoms. The predicted molar refractivity (Wildman–Crippen MR) is 119 cm³/mol. The molecule has 2 rings (SSSR count). The van der Waals surface area contributed by atoms with Crippen LogP contribution in [0.5, 0.6) is 11.5 Å². The predicted octanol–water partition coefficient (Wildman–Crippen LogP) is 5.29. The van der Waals surface area contributed by atoms with Crippen molar-refractivity contribution in [2.75, 3.05) is 27.4 Å². The third-order valence-corrected chi connectivity index (χ3v) is 6.18. The van der Waals surface area contributed by atoms with Gasteiger partial charge >= 0.3 is 5.97 Å². The second-order valence-electron chi connectivity index (χ2n) is 9.04. The monoisotopic (exact) mass is 420 g/mol. The second kappa shape index (κ2) is 12.2. The Morgan fingerprint density at radius 2 is 1.83 bits per heavy atom. The minimum Gasteiger partial charge on any atom is -0.493 e. The van der Waals surface area contributed by atoms with Gasteiger partial charge in [-0.05, 0) is 61.1 Å². The summed E-state index contributed by atoms with van der Waals surface area (Å²) in [7, 11) is 3.36. The molecule has 0 spiro atoms. The quantitative estimate of drug-likeness (QED) is 0.320. The van der Waals surface area contributed by atoms with Crippen LogP contribution in [0.25, 0.3) is 0 Å². The minimum absolute atomic E-state index is 0.00827. The number of hydrogen-bond donors (Lipinski definition) is 0. The van der Waals surface area contributed by atoms with Gasteiger partial charge in [-0.2, -0.15) is 0 Å². The van der Waals surface area contributed by atoms with Crippen molar-refractivity contribution in [1.82, 2.24) is 0 Å². The zero-order valence-corrected chi connectivity index (χ0v) is 19.6. The smallest absolute Gasteiger partial charge is 0.309 e. The van der Waals surface area contributed by atoms with E-state index in [0.717, 1.165) is 43.6 Å². The third kappa shape index (κ3) is 6.90. The molecule has 0 aliphatic carbocycles. The number of carbonyl (C=O) groups is 1. The summed E-state index contributed by atoms with van der Waals surface area (Å²) >= 11 is 0. The number of hydrogen-bond acceptors (Lipinski definition) is 5. The molecule has 1 aliphatic heterocycles. The van der Waals surface area contributed by atoms with Crippen LogP contribution in [0.3, 0.4) is 0 Å². The molecule has 1 aromatic carbocycles. The first kappa shape index (κ1) is 24.5. The average Bonchev–Trinajstić information content (AvgIpc) is 3.10. The Bertz CT molecular complexity index is 655. The molecule has 1 aliphatic rings. The van der Waals surface area contributed by atoms with Crippen molar-refractivity contribution in [2.45, 2.75) is 65.9 Å². The first-order valence-corrected chi connectivity index (χ1v) is 11.4. The lowest BCUT2D eigenvalue weighted by Crippen LogP contribution is -2.25. The molecule has 0 N–H and O–H groups in total. The summed E-state index contributed by atoms with van der Waals surface area (Å²) in [5, 5.41) is 0. The Kier molecular flexibility index (Phi) is 9.96. The van der Waals surface area contributed by atoms with Gasteiger partial charge in [-0.3, -0.25) is 4.79 Å². The van der Waals surface area contributed by atoms with Crippen molar-refractivity contribution in [3.05, 3.63) is 23.8 Å². The first-order valence-electron chi connectivity index (χ1n) is 11.4.